The highest BCUT2D eigenvalue weighted by Crippen LogP contribution is 2.36. The largest absolute Gasteiger partial charge is 0.375 e. The van der Waals surface area contributed by atoms with E-state index in [0.717, 1.165) is 56.7 Å². The van der Waals surface area contributed by atoms with Crippen molar-refractivity contribution in [2.45, 2.75) is 44.2 Å². The van der Waals surface area contributed by atoms with Crippen LogP contribution in [-0.2, 0) is 9.53 Å². The Kier molecular flexibility index (Phi) is 3.92. The second-order valence-corrected chi connectivity index (χ2v) is 6.96. The van der Waals surface area contributed by atoms with Crippen molar-refractivity contribution in [3.8, 4) is 0 Å². The van der Waals surface area contributed by atoms with Gasteiger partial charge < -0.3 is 19.4 Å². The lowest BCUT2D eigenvalue weighted by Gasteiger charge is -2.46. The van der Waals surface area contributed by atoms with E-state index in [1.165, 1.54) is 0 Å². The number of carbonyl (C=O) groups is 1. The molecule has 4 heterocycles. The van der Waals surface area contributed by atoms with E-state index in [-0.39, 0.29) is 17.6 Å². The topological polar surface area (TPSA) is 58.9 Å². The van der Waals surface area contributed by atoms with Crippen molar-refractivity contribution >= 4 is 17.2 Å². The summed E-state index contributed by atoms with van der Waals surface area (Å²) in [7, 11) is 0. The molecular formula is C18H24N4O2. The van der Waals surface area contributed by atoms with E-state index in [2.05, 4.69) is 25.7 Å². The highest BCUT2D eigenvalue weighted by atomic mass is 16.5. The van der Waals surface area contributed by atoms with E-state index in [9.17, 15) is 4.79 Å². The fraction of sp³-hybridized carbons (Fsp3) is 0.556. The average Bonchev–Trinajstić information content (AvgIpc) is 3.04. The number of carbonyl (C=O) groups excluding carboxylic acids is 1. The number of nitrogens with zero attached hydrogens (tertiary/aromatic N) is 3. The van der Waals surface area contributed by atoms with Crippen LogP contribution < -0.4 is 10.2 Å². The minimum absolute atomic E-state index is 0.0543. The van der Waals surface area contributed by atoms with E-state index in [1.807, 2.05) is 24.7 Å². The maximum Gasteiger partial charge on any atom is 0.217 e. The van der Waals surface area contributed by atoms with Crippen LogP contribution in [0.3, 0.4) is 0 Å². The van der Waals surface area contributed by atoms with Gasteiger partial charge in [0.15, 0.2) is 5.82 Å². The molecular weight excluding hydrogens is 304 g/mol. The monoisotopic (exact) mass is 328 g/mol. The average molecular weight is 328 g/mol. The quantitative estimate of drug-likeness (QED) is 0.916. The summed E-state index contributed by atoms with van der Waals surface area (Å²) in [6.45, 7) is 4.20. The smallest absolute Gasteiger partial charge is 0.217 e. The first-order valence-corrected chi connectivity index (χ1v) is 8.73. The molecule has 2 aromatic heterocycles. The number of anilines is 1. The number of piperidine rings is 1. The van der Waals surface area contributed by atoms with Crippen LogP contribution in [0.1, 0.15) is 32.6 Å². The van der Waals surface area contributed by atoms with Crippen LogP contribution in [0.5, 0.6) is 0 Å². The van der Waals surface area contributed by atoms with Crippen molar-refractivity contribution in [3.63, 3.8) is 0 Å². The van der Waals surface area contributed by atoms with Crippen molar-refractivity contribution in [3.05, 3.63) is 30.7 Å². The summed E-state index contributed by atoms with van der Waals surface area (Å²) < 4.78 is 8.28. The molecule has 2 aliphatic heterocycles. The van der Waals surface area contributed by atoms with Gasteiger partial charge in [0.2, 0.25) is 5.91 Å². The van der Waals surface area contributed by atoms with Crippen LogP contribution in [0.4, 0.5) is 5.82 Å². The second kappa shape index (κ2) is 6.09. The third-order valence-electron chi connectivity index (χ3n) is 5.31. The van der Waals surface area contributed by atoms with Crippen LogP contribution in [0.15, 0.2) is 30.7 Å². The van der Waals surface area contributed by atoms with Crippen LogP contribution in [0.2, 0.25) is 0 Å². The number of hydrogen-bond acceptors (Lipinski definition) is 4. The molecule has 1 amide bonds. The molecule has 2 aromatic rings. The molecule has 1 spiro atoms. The molecule has 6 nitrogen and oxygen atoms in total. The van der Waals surface area contributed by atoms with Crippen LogP contribution >= 0.6 is 0 Å². The summed E-state index contributed by atoms with van der Waals surface area (Å²) in [6, 6.07) is 4.40. The molecule has 0 unspecified atom stereocenters. The summed E-state index contributed by atoms with van der Waals surface area (Å²) in [5.41, 5.74) is 1.06. The number of fused-ring (bicyclic) bond motifs is 1. The van der Waals surface area contributed by atoms with Crippen molar-refractivity contribution in [2.24, 2.45) is 0 Å². The highest BCUT2D eigenvalue weighted by Gasteiger charge is 2.40. The lowest BCUT2D eigenvalue weighted by atomic mass is 9.82. The van der Waals surface area contributed by atoms with Crippen LogP contribution in [0, 0.1) is 0 Å². The number of rotatable bonds is 2. The SMILES string of the molecule is CC(=O)N[C@H]1CCOC2(CCN(c3nccn4cccc34)CC2)C1. The van der Waals surface area contributed by atoms with Gasteiger partial charge in [-0.25, -0.2) is 4.98 Å². The van der Waals surface area contributed by atoms with Gasteiger partial charge in [-0.2, -0.15) is 0 Å². The minimum Gasteiger partial charge on any atom is -0.375 e. The summed E-state index contributed by atoms with van der Waals surface area (Å²) >= 11 is 0. The van der Waals surface area contributed by atoms with Crippen molar-refractivity contribution in [1.82, 2.24) is 14.7 Å². The minimum atomic E-state index is -0.0884. The van der Waals surface area contributed by atoms with E-state index in [0.29, 0.717) is 0 Å². The zero-order valence-corrected chi connectivity index (χ0v) is 14.1. The lowest BCUT2D eigenvalue weighted by molar-refractivity contribution is -0.125. The maximum atomic E-state index is 11.3. The number of hydrogen-bond donors (Lipinski definition) is 1. The Morgan fingerprint density at radius 1 is 1.38 bits per heavy atom. The first kappa shape index (κ1) is 15.4. The number of aromatic nitrogens is 2. The molecule has 2 saturated heterocycles. The van der Waals surface area contributed by atoms with Crippen LogP contribution in [-0.4, -0.2) is 46.6 Å². The molecule has 0 bridgehead atoms. The Morgan fingerprint density at radius 2 is 2.21 bits per heavy atom. The second-order valence-electron chi connectivity index (χ2n) is 6.96. The van der Waals surface area contributed by atoms with Gasteiger partial charge >= 0.3 is 0 Å². The molecule has 0 radical (unpaired) electrons. The number of amides is 1. The molecule has 1 N–H and O–H groups in total. The standard InChI is InChI=1S/C18H24N4O2/c1-14(23)20-15-4-12-24-18(13-15)5-9-22(10-6-18)17-16-3-2-8-21(16)11-7-19-17/h2-3,7-8,11,15H,4-6,9-10,12-13H2,1H3,(H,20,23)/t15-/m0/s1. The molecule has 0 aliphatic carbocycles. The van der Waals surface area contributed by atoms with Gasteiger partial charge in [0.1, 0.15) is 0 Å². The Labute approximate surface area is 141 Å². The molecule has 6 heteroatoms. The van der Waals surface area contributed by atoms with Crippen molar-refractivity contribution < 1.29 is 9.53 Å². The first-order chi connectivity index (χ1) is 11.7. The predicted molar refractivity (Wildman–Crippen MR) is 92.2 cm³/mol. The van der Waals surface area contributed by atoms with E-state index in [4.69, 9.17) is 4.74 Å². The van der Waals surface area contributed by atoms with E-state index in [1.54, 1.807) is 6.92 Å². The van der Waals surface area contributed by atoms with Gasteiger partial charge in [-0.3, -0.25) is 4.79 Å². The van der Waals surface area contributed by atoms with Gasteiger partial charge in [-0.1, -0.05) is 0 Å². The molecule has 24 heavy (non-hydrogen) atoms. The Morgan fingerprint density at radius 3 is 3.00 bits per heavy atom. The lowest BCUT2D eigenvalue weighted by Crippen LogP contribution is -2.53. The van der Waals surface area contributed by atoms with Gasteiger partial charge in [0, 0.05) is 51.3 Å². The number of nitrogens with one attached hydrogen (secondary N) is 1. The third-order valence-corrected chi connectivity index (χ3v) is 5.31. The van der Waals surface area contributed by atoms with Crippen molar-refractivity contribution in [2.75, 3.05) is 24.6 Å². The predicted octanol–water partition coefficient (Wildman–Crippen LogP) is 1.99. The summed E-state index contributed by atoms with van der Waals surface area (Å²) in [4.78, 5) is 18.3. The zero-order valence-electron chi connectivity index (χ0n) is 14.1. The highest BCUT2D eigenvalue weighted by molar-refractivity contribution is 5.73. The van der Waals surface area contributed by atoms with E-state index >= 15 is 0 Å². The van der Waals surface area contributed by atoms with Gasteiger partial charge in [-0.05, 0) is 37.8 Å². The molecule has 2 aliphatic rings. The Bertz CT molecular complexity index is 733. The van der Waals surface area contributed by atoms with Crippen molar-refractivity contribution in [1.29, 1.82) is 0 Å². The fourth-order valence-electron chi connectivity index (χ4n) is 4.11. The molecule has 128 valence electrons. The molecule has 4 rings (SSSR count). The van der Waals surface area contributed by atoms with Crippen LogP contribution in [0.25, 0.3) is 5.52 Å². The third kappa shape index (κ3) is 2.86. The van der Waals surface area contributed by atoms with E-state index < -0.39 is 0 Å². The number of ether oxygens (including phenoxy) is 1. The zero-order chi connectivity index (χ0) is 16.6. The van der Waals surface area contributed by atoms with Gasteiger partial charge in [0.25, 0.3) is 0 Å². The van der Waals surface area contributed by atoms with Gasteiger partial charge in [-0.15, -0.1) is 0 Å². The summed E-state index contributed by atoms with van der Waals surface area (Å²) in [6.07, 6.45) is 9.68. The summed E-state index contributed by atoms with van der Waals surface area (Å²) in [5.74, 6) is 1.10. The molecule has 0 aromatic carbocycles. The van der Waals surface area contributed by atoms with Gasteiger partial charge in [0.05, 0.1) is 11.1 Å². The Balaban J connectivity index is 1.46. The first-order valence-electron chi connectivity index (χ1n) is 8.73. The molecule has 2 fully saturated rings. The molecule has 0 saturated carbocycles. The summed E-state index contributed by atoms with van der Waals surface area (Å²) in [5, 5.41) is 3.07. The maximum absolute atomic E-state index is 11.3. The normalized spacial score (nSPS) is 23.5. The molecule has 1 atom stereocenters. The fourth-order valence-corrected chi connectivity index (χ4v) is 4.11. The Hall–Kier alpha value is -2.08.